The number of thioether (sulfide) groups is 1. The van der Waals surface area contributed by atoms with E-state index in [0.29, 0.717) is 11.9 Å². The lowest BCUT2D eigenvalue weighted by Gasteiger charge is -2.33. The number of rotatable bonds is 4. The molecule has 98 valence electrons. The van der Waals surface area contributed by atoms with E-state index < -0.39 is 0 Å². The average Bonchev–Trinajstić information content (AvgIpc) is 2.90. The number of halogens is 1. The molecule has 1 aliphatic heterocycles. The quantitative estimate of drug-likeness (QED) is 0.740. The molecular formula is C13H22BrNOS. The minimum absolute atomic E-state index is 0.253. The van der Waals surface area contributed by atoms with Crippen molar-refractivity contribution in [2.75, 3.05) is 17.6 Å². The summed E-state index contributed by atoms with van der Waals surface area (Å²) >= 11 is 5.37. The molecule has 1 atom stereocenters. The van der Waals surface area contributed by atoms with E-state index in [1.165, 1.54) is 44.3 Å². The molecule has 4 heteroatoms. The summed E-state index contributed by atoms with van der Waals surface area (Å²) < 4.78 is 0. The molecule has 1 aliphatic carbocycles. The van der Waals surface area contributed by atoms with Gasteiger partial charge in [-0.25, -0.2) is 0 Å². The zero-order chi connectivity index (χ0) is 12.1. The lowest BCUT2D eigenvalue weighted by molar-refractivity contribution is -0.132. The van der Waals surface area contributed by atoms with Gasteiger partial charge in [0.2, 0.25) is 5.91 Å². The van der Waals surface area contributed by atoms with Crippen molar-refractivity contribution in [3.8, 4) is 0 Å². The van der Waals surface area contributed by atoms with E-state index in [9.17, 15) is 4.79 Å². The standard InChI is InChI=1S/C13H22BrNOS/c14-8-9-15(11-5-1-2-6-11)13(16)12-7-3-4-10-17-12/h11-12H,1-10H2. The van der Waals surface area contributed by atoms with Crippen molar-refractivity contribution in [1.82, 2.24) is 4.90 Å². The Hall–Kier alpha value is 0.300. The fourth-order valence-electron chi connectivity index (χ4n) is 2.90. The average molecular weight is 320 g/mol. The smallest absolute Gasteiger partial charge is 0.235 e. The summed E-state index contributed by atoms with van der Waals surface area (Å²) in [6.45, 7) is 0.889. The second-order valence-corrected chi connectivity index (χ2v) is 7.12. The van der Waals surface area contributed by atoms with Crippen LogP contribution in [0.3, 0.4) is 0 Å². The molecule has 2 rings (SSSR count). The van der Waals surface area contributed by atoms with Crippen LogP contribution in [0.2, 0.25) is 0 Å². The second-order valence-electron chi connectivity index (χ2n) is 5.01. The van der Waals surface area contributed by atoms with E-state index in [0.717, 1.165) is 18.3 Å². The minimum atomic E-state index is 0.253. The highest BCUT2D eigenvalue weighted by molar-refractivity contribution is 9.09. The molecule has 1 saturated heterocycles. The summed E-state index contributed by atoms with van der Waals surface area (Å²) in [4.78, 5) is 14.7. The van der Waals surface area contributed by atoms with Crippen LogP contribution in [0.4, 0.5) is 0 Å². The number of nitrogens with zero attached hydrogens (tertiary/aromatic N) is 1. The highest BCUT2D eigenvalue weighted by atomic mass is 79.9. The fraction of sp³-hybridized carbons (Fsp3) is 0.923. The lowest BCUT2D eigenvalue weighted by Crippen LogP contribution is -2.45. The molecule has 0 radical (unpaired) electrons. The Morgan fingerprint density at radius 3 is 2.47 bits per heavy atom. The van der Waals surface area contributed by atoms with Crippen LogP contribution in [0.1, 0.15) is 44.9 Å². The molecule has 0 N–H and O–H groups in total. The van der Waals surface area contributed by atoms with Crippen LogP contribution in [0.25, 0.3) is 0 Å². The molecule has 2 fully saturated rings. The summed E-state index contributed by atoms with van der Waals surface area (Å²) in [5.41, 5.74) is 0. The van der Waals surface area contributed by atoms with E-state index in [-0.39, 0.29) is 5.25 Å². The molecule has 1 unspecified atom stereocenters. The maximum Gasteiger partial charge on any atom is 0.235 e. The Morgan fingerprint density at radius 2 is 1.88 bits per heavy atom. The van der Waals surface area contributed by atoms with E-state index in [2.05, 4.69) is 20.8 Å². The SMILES string of the molecule is O=C(C1CCCCS1)N(CCBr)C1CCCC1. The van der Waals surface area contributed by atoms with Crippen LogP contribution in [0.15, 0.2) is 0 Å². The number of hydrogen-bond donors (Lipinski definition) is 0. The lowest BCUT2D eigenvalue weighted by atomic mass is 10.1. The molecular weight excluding hydrogens is 298 g/mol. The van der Waals surface area contributed by atoms with Gasteiger partial charge in [0.15, 0.2) is 0 Å². The normalized spacial score (nSPS) is 26.1. The summed E-state index contributed by atoms with van der Waals surface area (Å²) in [6, 6.07) is 0.530. The zero-order valence-electron chi connectivity index (χ0n) is 10.4. The first-order valence-electron chi connectivity index (χ1n) is 6.81. The van der Waals surface area contributed by atoms with E-state index in [1.54, 1.807) is 0 Å². The molecule has 0 aromatic heterocycles. The maximum atomic E-state index is 12.6. The Labute approximate surface area is 117 Å². The second kappa shape index (κ2) is 7.03. The van der Waals surface area contributed by atoms with Crippen molar-refractivity contribution in [3.63, 3.8) is 0 Å². The first kappa shape index (κ1) is 13.7. The van der Waals surface area contributed by atoms with Gasteiger partial charge < -0.3 is 4.90 Å². The van der Waals surface area contributed by atoms with Gasteiger partial charge in [-0.15, -0.1) is 11.8 Å². The number of alkyl halides is 1. The molecule has 0 bridgehead atoms. The minimum Gasteiger partial charge on any atom is -0.338 e. The first-order valence-corrected chi connectivity index (χ1v) is 8.98. The predicted octanol–water partition coefficient (Wildman–Crippen LogP) is 3.44. The Morgan fingerprint density at radius 1 is 1.18 bits per heavy atom. The number of hydrogen-bond acceptors (Lipinski definition) is 2. The van der Waals surface area contributed by atoms with Gasteiger partial charge in [-0.3, -0.25) is 4.79 Å². The molecule has 0 aromatic rings. The Bertz CT molecular complexity index is 250. The molecule has 17 heavy (non-hydrogen) atoms. The van der Waals surface area contributed by atoms with Gasteiger partial charge >= 0.3 is 0 Å². The van der Waals surface area contributed by atoms with Crippen LogP contribution >= 0.6 is 27.7 Å². The van der Waals surface area contributed by atoms with Gasteiger partial charge in [-0.05, 0) is 31.4 Å². The molecule has 2 nitrogen and oxygen atoms in total. The van der Waals surface area contributed by atoms with Crippen LogP contribution in [0, 0.1) is 0 Å². The molecule has 0 aromatic carbocycles. The monoisotopic (exact) mass is 319 g/mol. The summed E-state index contributed by atoms with van der Waals surface area (Å²) in [5.74, 6) is 1.59. The van der Waals surface area contributed by atoms with Crippen molar-refractivity contribution in [2.45, 2.75) is 56.2 Å². The number of carbonyl (C=O) groups excluding carboxylic acids is 1. The van der Waals surface area contributed by atoms with Gasteiger partial charge in [-0.1, -0.05) is 35.2 Å². The predicted molar refractivity (Wildman–Crippen MR) is 77.9 cm³/mol. The van der Waals surface area contributed by atoms with Gasteiger partial charge in [0.05, 0.1) is 5.25 Å². The van der Waals surface area contributed by atoms with Gasteiger partial charge in [0.25, 0.3) is 0 Å². The van der Waals surface area contributed by atoms with Crippen molar-refractivity contribution < 1.29 is 4.79 Å². The molecule has 0 spiro atoms. The third-order valence-corrected chi connectivity index (χ3v) is 5.55. The van der Waals surface area contributed by atoms with Crippen LogP contribution < -0.4 is 0 Å². The molecule has 1 saturated carbocycles. The highest BCUT2D eigenvalue weighted by Crippen LogP contribution is 2.30. The number of amides is 1. The first-order chi connectivity index (χ1) is 8.33. The van der Waals surface area contributed by atoms with Gasteiger partial charge in [0.1, 0.15) is 0 Å². The number of carbonyl (C=O) groups is 1. The van der Waals surface area contributed by atoms with E-state index in [1.807, 2.05) is 11.8 Å². The summed E-state index contributed by atoms with van der Waals surface area (Å²) in [5, 5.41) is 1.16. The van der Waals surface area contributed by atoms with E-state index >= 15 is 0 Å². The third-order valence-electron chi connectivity index (χ3n) is 3.83. The zero-order valence-corrected chi connectivity index (χ0v) is 12.8. The summed E-state index contributed by atoms with van der Waals surface area (Å²) in [7, 11) is 0. The Kier molecular flexibility index (Phi) is 5.67. The van der Waals surface area contributed by atoms with Crippen LogP contribution in [-0.4, -0.2) is 39.7 Å². The van der Waals surface area contributed by atoms with Crippen molar-refractivity contribution in [2.24, 2.45) is 0 Å². The molecule has 2 aliphatic rings. The largest absolute Gasteiger partial charge is 0.338 e. The van der Waals surface area contributed by atoms with Gasteiger partial charge in [0, 0.05) is 17.9 Å². The van der Waals surface area contributed by atoms with Crippen LogP contribution in [0.5, 0.6) is 0 Å². The summed E-state index contributed by atoms with van der Waals surface area (Å²) in [6.07, 6.45) is 8.65. The highest BCUT2D eigenvalue weighted by Gasteiger charge is 2.31. The topological polar surface area (TPSA) is 20.3 Å². The van der Waals surface area contributed by atoms with Gasteiger partial charge in [-0.2, -0.15) is 0 Å². The van der Waals surface area contributed by atoms with Crippen molar-refractivity contribution in [3.05, 3.63) is 0 Å². The third kappa shape index (κ3) is 3.63. The van der Waals surface area contributed by atoms with E-state index in [4.69, 9.17) is 0 Å². The fourth-order valence-corrected chi connectivity index (χ4v) is 4.55. The maximum absolute atomic E-state index is 12.6. The molecule has 1 amide bonds. The Balaban J connectivity index is 1.95. The molecule has 1 heterocycles. The van der Waals surface area contributed by atoms with Crippen LogP contribution in [-0.2, 0) is 4.79 Å². The van der Waals surface area contributed by atoms with Crippen molar-refractivity contribution >= 4 is 33.6 Å². The van der Waals surface area contributed by atoms with Crippen molar-refractivity contribution in [1.29, 1.82) is 0 Å².